The van der Waals surface area contributed by atoms with Crippen LogP contribution in [0, 0.1) is 0 Å². The molecule has 0 spiro atoms. The van der Waals surface area contributed by atoms with Gasteiger partial charge in [0.05, 0.1) is 18.5 Å². The third-order valence-electron chi connectivity index (χ3n) is 5.85. The molecule has 2 aliphatic heterocycles. The maximum Gasteiger partial charge on any atom is 0.410 e. The molecule has 3 fully saturated rings. The van der Waals surface area contributed by atoms with Gasteiger partial charge in [0.2, 0.25) is 10.0 Å². The van der Waals surface area contributed by atoms with Crippen molar-refractivity contribution in [3.05, 3.63) is 22.5 Å². The van der Waals surface area contributed by atoms with Crippen molar-refractivity contribution in [2.45, 2.75) is 43.3 Å². The van der Waals surface area contributed by atoms with Crippen LogP contribution in [-0.4, -0.2) is 80.6 Å². The third-order valence-corrected chi connectivity index (χ3v) is 8.22. The van der Waals surface area contributed by atoms with Crippen molar-refractivity contribution >= 4 is 21.5 Å². The first-order valence-corrected chi connectivity index (χ1v) is 11.5. The van der Waals surface area contributed by atoms with Gasteiger partial charge in [0.1, 0.15) is 11.9 Å². The minimum absolute atomic E-state index is 0.0210. The van der Waals surface area contributed by atoms with Crippen LogP contribution >= 0.6 is 0 Å². The van der Waals surface area contributed by atoms with Gasteiger partial charge in [0.25, 0.3) is 5.56 Å². The summed E-state index contributed by atoms with van der Waals surface area (Å²) in [5, 5.41) is -0.566. The van der Waals surface area contributed by atoms with Crippen molar-refractivity contribution in [1.29, 1.82) is 0 Å². The molecular formula is C18H25F3N4O4S. The zero-order valence-electron chi connectivity index (χ0n) is 16.6. The zero-order valence-corrected chi connectivity index (χ0v) is 17.4. The lowest BCUT2D eigenvalue weighted by Crippen LogP contribution is -2.61. The number of anilines is 2. The van der Waals surface area contributed by atoms with Crippen LogP contribution in [0.25, 0.3) is 0 Å². The molecule has 12 heteroatoms. The van der Waals surface area contributed by atoms with Crippen molar-refractivity contribution in [1.82, 2.24) is 9.29 Å². The number of hydrogen-bond acceptors (Lipinski definition) is 6. The van der Waals surface area contributed by atoms with Crippen molar-refractivity contribution in [2.75, 3.05) is 49.2 Å². The predicted molar refractivity (Wildman–Crippen MR) is 105 cm³/mol. The van der Waals surface area contributed by atoms with Gasteiger partial charge >= 0.3 is 6.18 Å². The Morgan fingerprint density at radius 2 is 1.87 bits per heavy atom. The lowest BCUT2D eigenvalue weighted by atomic mass is 10.1. The van der Waals surface area contributed by atoms with E-state index >= 15 is 0 Å². The molecule has 30 heavy (non-hydrogen) atoms. The van der Waals surface area contributed by atoms with E-state index in [1.165, 1.54) is 12.1 Å². The van der Waals surface area contributed by atoms with E-state index < -0.39 is 39.6 Å². The van der Waals surface area contributed by atoms with E-state index in [2.05, 4.69) is 4.98 Å². The fourth-order valence-electron chi connectivity index (χ4n) is 4.08. The summed E-state index contributed by atoms with van der Waals surface area (Å²) in [5.41, 5.74) is 0.0219. The fourth-order valence-corrected chi connectivity index (χ4v) is 5.92. The van der Waals surface area contributed by atoms with Crippen molar-refractivity contribution in [3.8, 4) is 0 Å². The van der Waals surface area contributed by atoms with Crippen LogP contribution in [-0.2, 0) is 14.8 Å². The molecule has 1 aromatic rings. The van der Waals surface area contributed by atoms with Crippen LogP contribution in [0.2, 0.25) is 0 Å². The summed E-state index contributed by atoms with van der Waals surface area (Å²) in [5.74, 6) is 0.0435. The monoisotopic (exact) mass is 450 g/mol. The van der Waals surface area contributed by atoms with Gasteiger partial charge in [0, 0.05) is 50.0 Å². The molecule has 1 saturated carbocycles. The summed E-state index contributed by atoms with van der Waals surface area (Å²) in [6.07, 6.45) is -3.67. The van der Waals surface area contributed by atoms with Gasteiger partial charge in [-0.1, -0.05) is 0 Å². The Kier molecular flexibility index (Phi) is 5.52. The molecule has 3 aliphatic rings. The van der Waals surface area contributed by atoms with Gasteiger partial charge < -0.3 is 19.5 Å². The summed E-state index contributed by atoms with van der Waals surface area (Å²) in [6, 6.07) is 0.842. The number of morpholine rings is 1. The number of halogens is 3. The molecule has 2 atom stereocenters. The maximum absolute atomic E-state index is 13.9. The lowest BCUT2D eigenvalue weighted by Gasteiger charge is -2.42. The van der Waals surface area contributed by atoms with E-state index in [9.17, 15) is 26.4 Å². The van der Waals surface area contributed by atoms with Crippen molar-refractivity contribution in [3.63, 3.8) is 0 Å². The van der Waals surface area contributed by atoms with E-state index in [0.29, 0.717) is 38.3 Å². The van der Waals surface area contributed by atoms with Crippen LogP contribution in [0.5, 0.6) is 0 Å². The third kappa shape index (κ3) is 4.17. The minimum Gasteiger partial charge on any atom is -0.377 e. The topological polar surface area (TPSA) is 85.9 Å². The number of rotatable bonds is 4. The highest BCUT2D eigenvalue weighted by atomic mass is 32.2. The van der Waals surface area contributed by atoms with Crippen molar-refractivity contribution in [2.24, 2.45) is 0 Å². The number of ether oxygens (including phenoxy) is 1. The van der Waals surface area contributed by atoms with E-state index in [1.54, 1.807) is 0 Å². The molecule has 1 aromatic heterocycles. The summed E-state index contributed by atoms with van der Waals surface area (Å²) < 4.78 is 73.0. The van der Waals surface area contributed by atoms with Gasteiger partial charge in [-0.15, -0.1) is 0 Å². The first-order valence-electron chi connectivity index (χ1n) is 9.98. The zero-order chi connectivity index (χ0) is 21.7. The van der Waals surface area contributed by atoms with Crippen LogP contribution in [0.1, 0.15) is 19.8 Å². The number of pyridine rings is 1. The second kappa shape index (κ2) is 7.72. The molecule has 8 nitrogen and oxygen atoms in total. The van der Waals surface area contributed by atoms with E-state index in [4.69, 9.17) is 4.74 Å². The number of H-pyrrole nitrogens is 1. The van der Waals surface area contributed by atoms with Gasteiger partial charge in [-0.05, 0) is 19.8 Å². The molecule has 1 unspecified atom stereocenters. The number of nitrogens with zero attached hydrogens (tertiary/aromatic N) is 3. The van der Waals surface area contributed by atoms with Crippen molar-refractivity contribution < 1.29 is 26.3 Å². The van der Waals surface area contributed by atoms with E-state index in [1.807, 2.05) is 11.8 Å². The molecule has 1 aliphatic carbocycles. The van der Waals surface area contributed by atoms with Gasteiger partial charge in [-0.25, -0.2) is 8.42 Å². The smallest absolute Gasteiger partial charge is 0.377 e. The minimum atomic E-state index is -4.66. The second-order valence-electron chi connectivity index (χ2n) is 8.06. The lowest BCUT2D eigenvalue weighted by molar-refractivity contribution is -0.153. The first kappa shape index (κ1) is 21.4. The SMILES string of the molecule is C[C@@H]1COCCN1c1cc(N2CCN(S(=O)(=O)C3CC3)CC2C(F)(F)F)[nH]c(=O)c1. The van der Waals surface area contributed by atoms with Crippen LogP contribution in [0.15, 0.2) is 16.9 Å². The number of aromatic nitrogens is 1. The molecule has 0 amide bonds. The number of alkyl halides is 3. The Morgan fingerprint density at radius 3 is 2.50 bits per heavy atom. The molecule has 4 rings (SSSR count). The Morgan fingerprint density at radius 1 is 1.13 bits per heavy atom. The Hall–Kier alpha value is -1.79. The highest BCUT2D eigenvalue weighted by Crippen LogP contribution is 2.36. The number of aromatic amines is 1. The maximum atomic E-state index is 13.9. The van der Waals surface area contributed by atoms with Crippen LogP contribution < -0.4 is 15.4 Å². The fraction of sp³-hybridized carbons (Fsp3) is 0.722. The number of sulfonamides is 1. The summed E-state index contributed by atoms with van der Waals surface area (Å²) in [4.78, 5) is 17.8. The summed E-state index contributed by atoms with van der Waals surface area (Å²) >= 11 is 0. The summed E-state index contributed by atoms with van der Waals surface area (Å²) in [6.45, 7) is 2.49. The number of hydrogen-bond donors (Lipinski definition) is 1. The molecule has 1 N–H and O–H groups in total. The first-order chi connectivity index (χ1) is 14.1. The largest absolute Gasteiger partial charge is 0.410 e. The predicted octanol–water partition coefficient (Wildman–Crippen LogP) is 1.15. The van der Waals surface area contributed by atoms with Gasteiger partial charge in [-0.2, -0.15) is 17.5 Å². The standard InChI is InChI=1S/C18H25F3N4O4S/c1-12-11-29-7-6-24(12)13-8-16(22-17(26)9-13)25-5-4-23(10-15(25)18(19,20)21)30(27,28)14-2-3-14/h8-9,12,14-15H,2-7,10-11H2,1H3,(H,22,26)/t12-,15?/m1/s1. The van der Waals surface area contributed by atoms with Gasteiger partial charge in [0.15, 0.2) is 0 Å². The Balaban J connectivity index is 1.64. The molecular weight excluding hydrogens is 425 g/mol. The van der Waals surface area contributed by atoms with Gasteiger partial charge in [-0.3, -0.25) is 4.79 Å². The molecule has 0 bridgehead atoms. The normalized spacial score (nSPS) is 26.8. The average molecular weight is 450 g/mol. The number of nitrogens with one attached hydrogen (secondary N) is 1. The molecule has 0 radical (unpaired) electrons. The second-order valence-corrected chi connectivity index (χ2v) is 10.3. The number of piperazine rings is 1. The Bertz CT molecular complexity index is 947. The van der Waals surface area contributed by atoms with E-state index in [0.717, 1.165) is 9.21 Å². The quantitative estimate of drug-likeness (QED) is 0.741. The van der Waals surface area contributed by atoms with Crippen LogP contribution in [0.4, 0.5) is 24.7 Å². The highest BCUT2D eigenvalue weighted by Gasteiger charge is 2.51. The molecule has 0 aromatic carbocycles. The molecule has 2 saturated heterocycles. The van der Waals surface area contributed by atoms with E-state index in [-0.39, 0.29) is 24.9 Å². The molecule has 3 heterocycles. The van der Waals surface area contributed by atoms with Crippen LogP contribution in [0.3, 0.4) is 0 Å². The Labute approximate surface area is 172 Å². The summed E-state index contributed by atoms with van der Waals surface area (Å²) in [7, 11) is -3.72. The highest BCUT2D eigenvalue weighted by molar-refractivity contribution is 7.90. The average Bonchev–Trinajstić information content (AvgIpc) is 3.52. The molecule has 168 valence electrons.